The Balaban J connectivity index is 1.95. The fourth-order valence-electron chi connectivity index (χ4n) is 2.14. The zero-order valence-electron chi connectivity index (χ0n) is 13.4. The van der Waals surface area contributed by atoms with E-state index < -0.39 is 5.66 Å². The summed E-state index contributed by atoms with van der Waals surface area (Å²) in [6.45, 7) is 7.92. The van der Waals surface area contributed by atoms with Crippen molar-refractivity contribution < 1.29 is 9.57 Å². The zero-order valence-corrected chi connectivity index (χ0v) is 13.4. The van der Waals surface area contributed by atoms with Gasteiger partial charge in [0, 0.05) is 0 Å². The first kappa shape index (κ1) is 16.1. The molecular formula is C15H23N5O2. The van der Waals surface area contributed by atoms with Crippen LogP contribution >= 0.6 is 0 Å². The molecule has 0 saturated heterocycles. The van der Waals surface area contributed by atoms with Crippen LogP contribution in [0.5, 0.6) is 5.75 Å². The number of aliphatic imine (C=N–C) groups is 2. The number of hydrogen-bond acceptors (Lipinski definition) is 7. The number of rotatable bonds is 5. The molecule has 1 aliphatic heterocycles. The summed E-state index contributed by atoms with van der Waals surface area (Å²) in [7, 11) is 0. The van der Waals surface area contributed by atoms with Gasteiger partial charge in [-0.2, -0.15) is 10.1 Å². The molecular weight excluding hydrogens is 282 g/mol. The Morgan fingerprint density at radius 1 is 1.27 bits per heavy atom. The molecule has 0 bridgehead atoms. The van der Waals surface area contributed by atoms with E-state index in [1.165, 1.54) is 5.06 Å². The van der Waals surface area contributed by atoms with Crippen LogP contribution in [0.2, 0.25) is 0 Å². The first-order chi connectivity index (χ1) is 10.3. The molecule has 1 heterocycles. The Labute approximate surface area is 130 Å². The van der Waals surface area contributed by atoms with E-state index in [0.29, 0.717) is 6.61 Å². The van der Waals surface area contributed by atoms with Gasteiger partial charge in [-0.05, 0) is 39.3 Å². The molecule has 1 aliphatic rings. The highest BCUT2D eigenvalue weighted by Crippen LogP contribution is 2.21. The van der Waals surface area contributed by atoms with Gasteiger partial charge in [0.1, 0.15) is 18.5 Å². The normalized spacial score (nSPS) is 18.5. The second-order valence-corrected chi connectivity index (χ2v) is 5.72. The van der Waals surface area contributed by atoms with Crippen molar-refractivity contribution in [2.45, 2.75) is 39.5 Å². The third-order valence-electron chi connectivity index (χ3n) is 3.18. The van der Waals surface area contributed by atoms with Crippen molar-refractivity contribution in [2.24, 2.45) is 21.5 Å². The highest BCUT2D eigenvalue weighted by Gasteiger charge is 2.33. The predicted octanol–water partition coefficient (Wildman–Crippen LogP) is 1.38. The lowest BCUT2D eigenvalue weighted by molar-refractivity contribution is -0.171. The Hall–Kier alpha value is -2.28. The summed E-state index contributed by atoms with van der Waals surface area (Å²) in [5, 5.41) is 1.45. The number of benzene rings is 1. The topological polar surface area (TPSA) is 98.5 Å². The number of guanidine groups is 2. The van der Waals surface area contributed by atoms with E-state index >= 15 is 0 Å². The largest absolute Gasteiger partial charge is 0.488 e. The smallest absolute Gasteiger partial charge is 0.226 e. The van der Waals surface area contributed by atoms with Crippen LogP contribution in [0.4, 0.5) is 0 Å². The molecule has 22 heavy (non-hydrogen) atoms. The third-order valence-corrected chi connectivity index (χ3v) is 3.18. The molecule has 0 radical (unpaired) electrons. The minimum Gasteiger partial charge on any atom is -0.488 e. The SMILES string of the molecule is Cc1ccccc1OC(C)CON1C(N)=NC(N)=NC1(C)C. The third kappa shape index (κ3) is 3.67. The summed E-state index contributed by atoms with van der Waals surface area (Å²) in [4.78, 5) is 13.9. The van der Waals surface area contributed by atoms with E-state index in [0.717, 1.165) is 11.3 Å². The second-order valence-electron chi connectivity index (χ2n) is 5.72. The quantitative estimate of drug-likeness (QED) is 0.856. The van der Waals surface area contributed by atoms with Gasteiger partial charge in [-0.1, -0.05) is 18.2 Å². The molecule has 0 saturated carbocycles. The number of ether oxygens (including phenoxy) is 1. The van der Waals surface area contributed by atoms with Crippen LogP contribution in [0.3, 0.4) is 0 Å². The monoisotopic (exact) mass is 305 g/mol. The summed E-state index contributed by atoms with van der Waals surface area (Å²) in [5.74, 6) is 1.16. The fourth-order valence-corrected chi connectivity index (χ4v) is 2.14. The molecule has 4 N–H and O–H groups in total. The van der Waals surface area contributed by atoms with Crippen molar-refractivity contribution in [1.29, 1.82) is 0 Å². The lowest BCUT2D eigenvalue weighted by atomic mass is 10.2. The fraction of sp³-hybridized carbons (Fsp3) is 0.467. The maximum Gasteiger partial charge on any atom is 0.226 e. The van der Waals surface area contributed by atoms with Gasteiger partial charge >= 0.3 is 0 Å². The predicted molar refractivity (Wildman–Crippen MR) is 86.4 cm³/mol. The van der Waals surface area contributed by atoms with Crippen molar-refractivity contribution in [3.63, 3.8) is 0 Å². The Bertz CT molecular complexity index is 597. The van der Waals surface area contributed by atoms with E-state index in [9.17, 15) is 0 Å². The van der Waals surface area contributed by atoms with Crippen molar-refractivity contribution in [3.8, 4) is 5.75 Å². The van der Waals surface area contributed by atoms with Crippen LogP contribution in [0.25, 0.3) is 0 Å². The summed E-state index contributed by atoms with van der Waals surface area (Å²) in [6.07, 6.45) is -0.159. The number of hydrogen-bond donors (Lipinski definition) is 2. The average molecular weight is 305 g/mol. The van der Waals surface area contributed by atoms with Crippen LogP contribution in [0, 0.1) is 6.92 Å². The van der Waals surface area contributed by atoms with Gasteiger partial charge in [0.15, 0.2) is 5.66 Å². The molecule has 1 unspecified atom stereocenters. The first-order valence-corrected chi connectivity index (χ1v) is 7.14. The van der Waals surface area contributed by atoms with Crippen molar-refractivity contribution in [1.82, 2.24) is 5.06 Å². The highest BCUT2D eigenvalue weighted by molar-refractivity contribution is 5.95. The van der Waals surface area contributed by atoms with E-state index in [4.69, 9.17) is 21.0 Å². The first-order valence-electron chi connectivity index (χ1n) is 7.14. The van der Waals surface area contributed by atoms with E-state index in [2.05, 4.69) is 9.98 Å². The van der Waals surface area contributed by atoms with Crippen molar-refractivity contribution in [3.05, 3.63) is 29.8 Å². The van der Waals surface area contributed by atoms with Crippen LogP contribution < -0.4 is 16.2 Å². The number of hydroxylamine groups is 2. The minimum absolute atomic E-state index is 0.145. The Morgan fingerprint density at radius 2 is 1.95 bits per heavy atom. The molecule has 1 atom stereocenters. The van der Waals surface area contributed by atoms with Crippen LogP contribution in [-0.2, 0) is 4.84 Å². The molecule has 120 valence electrons. The Kier molecular flexibility index (Phi) is 4.56. The van der Waals surface area contributed by atoms with Gasteiger partial charge in [-0.25, -0.2) is 4.99 Å². The molecule has 2 rings (SSSR count). The van der Waals surface area contributed by atoms with Crippen LogP contribution in [0.1, 0.15) is 26.3 Å². The van der Waals surface area contributed by atoms with Crippen molar-refractivity contribution >= 4 is 11.9 Å². The molecule has 7 heteroatoms. The second kappa shape index (κ2) is 6.23. The maximum absolute atomic E-state index is 5.87. The number of aryl methyl sites for hydroxylation is 1. The number of nitrogens with two attached hydrogens (primary N) is 2. The summed E-state index contributed by atoms with van der Waals surface area (Å²) >= 11 is 0. The average Bonchev–Trinajstić information content (AvgIpc) is 2.39. The molecule has 0 fully saturated rings. The lowest BCUT2D eigenvalue weighted by Gasteiger charge is -2.37. The van der Waals surface area contributed by atoms with E-state index in [-0.39, 0.29) is 18.0 Å². The van der Waals surface area contributed by atoms with Crippen LogP contribution in [0.15, 0.2) is 34.3 Å². The molecule has 1 aromatic carbocycles. The van der Waals surface area contributed by atoms with Gasteiger partial charge in [-0.3, -0.25) is 4.84 Å². The van der Waals surface area contributed by atoms with Crippen LogP contribution in [-0.4, -0.2) is 35.4 Å². The minimum atomic E-state index is -0.710. The van der Waals surface area contributed by atoms with E-state index in [1.54, 1.807) is 0 Å². The summed E-state index contributed by atoms with van der Waals surface area (Å²) < 4.78 is 5.87. The van der Waals surface area contributed by atoms with Gasteiger partial charge in [-0.15, -0.1) is 0 Å². The molecule has 0 aliphatic carbocycles. The lowest BCUT2D eigenvalue weighted by Crippen LogP contribution is -2.54. The molecule has 0 spiro atoms. The standard InChI is InChI=1S/C15H23N5O2/c1-10-7-5-6-8-12(10)22-11(2)9-21-20-14(17)18-13(16)19-15(20,3)4/h5-8,11H,9H2,1-4H3,(H4,16,17,18,19). The van der Waals surface area contributed by atoms with Gasteiger partial charge in [0.05, 0.1) is 0 Å². The maximum atomic E-state index is 5.87. The summed E-state index contributed by atoms with van der Waals surface area (Å²) in [5.41, 5.74) is 11.8. The molecule has 7 nitrogen and oxygen atoms in total. The van der Waals surface area contributed by atoms with Gasteiger partial charge in [0.2, 0.25) is 11.9 Å². The molecule has 0 aromatic heterocycles. The van der Waals surface area contributed by atoms with Gasteiger partial charge in [0.25, 0.3) is 0 Å². The number of para-hydroxylation sites is 1. The molecule has 0 amide bonds. The number of nitrogens with zero attached hydrogens (tertiary/aromatic N) is 3. The zero-order chi connectivity index (χ0) is 16.3. The Morgan fingerprint density at radius 3 is 2.59 bits per heavy atom. The summed E-state index contributed by atoms with van der Waals surface area (Å²) in [6, 6.07) is 7.83. The molecule has 1 aromatic rings. The van der Waals surface area contributed by atoms with E-state index in [1.807, 2.05) is 52.0 Å². The highest BCUT2D eigenvalue weighted by atomic mass is 16.7. The van der Waals surface area contributed by atoms with Gasteiger partial charge < -0.3 is 16.2 Å². The van der Waals surface area contributed by atoms with Crippen molar-refractivity contribution in [2.75, 3.05) is 6.61 Å².